The van der Waals surface area contributed by atoms with E-state index in [1.165, 1.54) is 18.5 Å². The van der Waals surface area contributed by atoms with Crippen LogP contribution in [-0.4, -0.2) is 34.5 Å². The molecule has 0 saturated heterocycles. The maximum absolute atomic E-state index is 13.5. The summed E-state index contributed by atoms with van der Waals surface area (Å²) in [6.45, 7) is -0.154. The number of hydrogen-bond acceptors (Lipinski definition) is 6. The Morgan fingerprint density at radius 3 is 2.49 bits per heavy atom. The van der Waals surface area contributed by atoms with Gasteiger partial charge in [-0.3, -0.25) is 9.89 Å². The molecule has 0 aliphatic rings. The number of amides is 1. The zero-order valence-electron chi connectivity index (χ0n) is 17.7. The van der Waals surface area contributed by atoms with Crippen LogP contribution in [0, 0.1) is 0 Å². The van der Waals surface area contributed by atoms with Crippen LogP contribution in [0.1, 0.15) is 21.7 Å². The Morgan fingerprint density at radius 1 is 1.06 bits per heavy atom. The molecule has 0 spiro atoms. The molecular formula is C22H17F3N6O3S. The van der Waals surface area contributed by atoms with Gasteiger partial charge in [-0.1, -0.05) is 30.3 Å². The van der Waals surface area contributed by atoms with Crippen molar-refractivity contribution in [3.63, 3.8) is 0 Å². The molecule has 0 unspecified atom stereocenters. The molecule has 0 bridgehead atoms. The SMILES string of the molecule is O=C(Nc1cnc(CN[SH](=O)=O)nc1-c1ccccc1)c1ccc(C(F)(F)F)c(-c2cc[nH]n2)c1. The fourth-order valence-corrected chi connectivity index (χ4v) is 3.57. The Balaban J connectivity index is 1.70. The normalized spacial score (nSPS) is 11.5. The number of hydrogen-bond donors (Lipinski definition) is 4. The predicted octanol–water partition coefficient (Wildman–Crippen LogP) is 3.42. The minimum Gasteiger partial charge on any atom is -0.319 e. The number of nitrogens with one attached hydrogen (secondary N) is 3. The number of alkyl halides is 3. The van der Waals surface area contributed by atoms with Gasteiger partial charge in [-0.05, 0) is 24.3 Å². The summed E-state index contributed by atoms with van der Waals surface area (Å²) in [5.74, 6) is -0.527. The number of H-pyrrole nitrogens is 1. The van der Waals surface area contributed by atoms with E-state index in [1.807, 2.05) is 0 Å². The Labute approximate surface area is 198 Å². The largest absolute Gasteiger partial charge is 0.417 e. The Morgan fingerprint density at radius 2 is 1.83 bits per heavy atom. The first-order valence-corrected chi connectivity index (χ1v) is 11.2. The van der Waals surface area contributed by atoms with Gasteiger partial charge in [0.05, 0.1) is 35.4 Å². The Kier molecular flexibility index (Phi) is 6.89. The summed E-state index contributed by atoms with van der Waals surface area (Å²) < 4.78 is 64.4. The molecule has 2 aromatic heterocycles. The highest BCUT2D eigenvalue weighted by Gasteiger charge is 2.34. The van der Waals surface area contributed by atoms with Crippen LogP contribution >= 0.6 is 0 Å². The van der Waals surface area contributed by atoms with Crippen molar-refractivity contribution >= 4 is 22.5 Å². The van der Waals surface area contributed by atoms with Crippen LogP contribution in [0.3, 0.4) is 0 Å². The molecule has 9 nitrogen and oxygen atoms in total. The van der Waals surface area contributed by atoms with Crippen molar-refractivity contribution < 1.29 is 26.4 Å². The van der Waals surface area contributed by atoms with Crippen LogP contribution in [0.5, 0.6) is 0 Å². The number of benzene rings is 2. The molecule has 0 saturated carbocycles. The third-order valence-corrected chi connectivity index (χ3v) is 5.28. The number of thiol groups is 1. The van der Waals surface area contributed by atoms with Crippen LogP contribution in [0.2, 0.25) is 0 Å². The number of carbonyl (C=O) groups excluding carboxylic acids is 1. The lowest BCUT2D eigenvalue weighted by atomic mass is 10.0. The van der Waals surface area contributed by atoms with E-state index in [0.29, 0.717) is 11.3 Å². The quantitative estimate of drug-likeness (QED) is 0.287. The molecular weight excluding hydrogens is 485 g/mol. The number of halogens is 3. The molecule has 2 heterocycles. The summed E-state index contributed by atoms with van der Waals surface area (Å²) in [7, 11) is -2.86. The Hall–Kier alpha value is -4.10. The van der Waals surface area contributed by atoms with Crippen molar-refractivity contribution in [3.05, 3.63) is 83.9 Å². The highest BCUT2D eigenvalue weighted by molar-refractivity contribution is 7.70. The molecule has 0 aliphatic heterocycles. The van der Waals surface area contributed by atoms with Crippen LogP contribution in [-0.2, 0) is 23.6 Å². The molecule has 3 N–H and O–H groups in total. The Bertz CT molecular complexity index is 1420. The van der Waals surface area contributed by atoms with Gasteiger partial charge in [0.25, 0.3) is 5.91 Å². The van der Waals surface area contributed by atoms with E-state index in [-0.39, 0.29) is 34.9 Å². The molecule has 4 aromatic rings. The minimum atomic E-state index is -4.64. The molecule has 0 fully saturated rings. The predicted molar refractivity (Wildman–Crippen MR) is 122 cm³/mol. The zero-order chi connectivity index (χ0) is 25.0. The van der Waals surface area contributed by atoms with Gasteiger partial charge in [-0.15, -0.1) is 0 Å². The van der Waals surface area contributed by atoms with Gasteiger partial charge in [0.2, 0.25) is 10.9 Å². The molecule has 35 heavy (non-hydrogen) atoms. The minimum absolute atomic E-state index is 0.0360. The molecule has 0 aliphatic carbocycles. The number of nitrogens with zero attached hydrogens (tertiary/aromatic N) is 3. The van der Waals surface area contributed by atoms with Gasteiger partial charge < -0.3 is 5.32 Å². The second-order valence-corrected chi connectivity index (χ2v) is 8.01. The van der Waals surface area contributed by atoms with Gasteiger partial charge in [0.1, 0.15) is 5.82 Å². The van der Waals surface area contributed by atoms with E-state index in [9.17, 15) is 26.4 Å². The van der Waals surface area contributed by atoms with Gasteiger partial charge in [0, 0.05) is 22.9 Å². The second kappa shape index (κ2) is 10.0. The average Bonchev–Trinajstić information content (AvgIpc) is 3.38. The first-order chi connectivity index (χ1) is 16.7. The highest BCUT2D eigenvalue weighted by Crippen LogP contribution is 2.37. The van der Waals surface area contributed by atoms with E-state index < -0.39 is 28.5 Å². The van der Waals surface area contributed by atoms with E-state index in [2.05, 4.69) is 30.2 Å². The summed E-state index contributed by atoms with van der Waals surface area (Å²) in [5, 5.41) is 8.91. The third kappa shape index (κ3) is 5.70. The zero-order valence-corrected chi connectivity index (χ0v) is 18.6. The standard InChI is InChI=1S/C22H17F3N6O3S/c23-22(24,25)16-7-6-14(10-15(16)17-8-9-27-31-17)21(32)29-18-11-26-19(12-28-35(33)34)30-20(18)13-4-2-1-3-5-13/h1-11,35H,12H2,(H,27,31)(H,29,32)(H,28,33,34). The van der Waals surface area contributed by atoms with Crippen molar-refractivity contribution in [1.82, 2.24) is 24.9 Å². The van der Waals surface area contributed by atoms with Crippen molar-refractivity contribution in [2.24, 2.45) is 0 Å². The van der Waals surface area contributed by atoms with Crippen LogP contribution in [0.15, 0.2) is 67.0 Å². The number of anilines is 1. The van der Waals surface area contributed by atoms with Crippen LogP contribution < -0.4 is 10.0 Å². The molecule has 0 radical (unpaired) electrons. The lowest BCUT2D eigenvalue weighted by Crippen LogP contribution is -2.17. The third-order valence-electron chi connectivity index (χ3n) is 4.86. The number of carbonyl (C=O) groups is 1. The molecule has 1 amide bonds. The lowest BCUT2D eigenvalue weighted by Gasteiger charge is -2.14. The van der Waals surface area contributed by atoms with Crippen molar-refractivity contribution in [2.45, 2.75) is 12.7 Å². The maximum atomic E-state index is 13.5. The van der Waals surface area contributed by atoms with Crippen molar-refractivity contribution in [2.75, 3.05) is 5.32 Å². The molecule has 4 rings (SSSR count). The van der Waals surface area contributed by atoms with E-state index in [4.69, 9.17) is 0 Å². The van der Waals surface area contributed by atoms with Gasteiger partial charge in [-0.2, -0.15) is 18.3 Å². The lowest BCUT2D eigenvalue weighted by molar-refractivity contribution is -0.137. The van der Waals surface area contributed by atoms with Gasteiger partial charge in [-0.25, -0.2) is 23.1 Å². The first kappa shape index (κ1) is 24.0. The molecule has 0 atom stereocenters. The summed E-state index contributed by atoms with van der Waals surface area (Å²) in [6.07, 6.45) is -1.96. The topological polar surface area (TPSA) is 130 Å². The summed E-state index contributed by atoms with van der Waals surface area (Å²) in [5.41, 5.74) is -0.0633. The molecule has 2 aromatic carbocycles. The number of aromatic nitrogens is 4. The fraction of sp³-hybridized carbons (Fsp3) is 0.0909. The molecule has 180 valence electrons. The van der Waals surface area contributed by atoms with Gasteiger partial charge in [0.15, 0.2) is 0 Å². The summed E-state index contributed by atoms with van der Waals surface area (Å²) in [6, 6.07) is 13.1. The van der Waals surface area contributed by atoms with E-state index in [1.54, 1.807) is 30.3 Å². The summed E-state index contributed by atoms with van der Waals surface area (Å²) in [4.78, 5) is 21.4. The maximum Gasteiger partial charge on any atom is 0.417 e. The monoisotopic (exact) mass is 502 g/mol. The number of rotatable bonds is 7. The smallest absolute Gasteiger partial charge is 0.319 e. The van der Waals surface area contributed by atoms with Crippen molar-refractivity contribution in [3.8, 4) is 22.5 Å². The summed E-state index contributed by atoms with van der Waals surface area (Å²) >= 11 is 0. The number of aromatic amines is 1. The molecule has 13 heteroatoms. The van der Waals surface area contributed by atoms with E-state index in [0.717, 1.165) is 18.2 Å². The second-order valence-electron chi connectivity index (χ2n) is 7.18. The van der Waals surface area contributed by atoms with Gasteiger partial charge >= 0.3 is 6.18 Å². The van der Waals surface area contributed by atoms with Crippen molar-refractivity contribution in [1.29, 1.82) is 0 Å². The average molecular weight is 502 g/mol. The first-order valence-electron chi connectivity index (χ1n) is 10.0. The fourth-order valence-electron chi connectivity index (χ4n) is 3.30. The van der Waals surface area contributed by atoms with Crippen LogP contribution in [0.25, 0.3) is 22.5 Å². The highest BCUT2D eigenvalue weighted by atomic mass is 32.2. The van der Waals surface area contributed by atoms with Crippen LogP contribution in [0.4, 0.5) is 18.9 Å². The van der Waals surface area contributed by atoms with E-state index >= 15 is 0 Å².